The van der Waals surface area contributed by atoms with Crippen LogP contribution in [0.5, 0.6) is 5.75 Å². The molecule has 0 amide bonds. The number of ether oxygens (including phenoxy) is 1. The van der Waals surface area contributed by atoms with E-state index in [1.807, 2.05) is 0 Å². The van der Waals surface area contributed by atoms with Gasteiger partial charge in [0.1, 0.15) is 5.75 Å². The summed E-state index contributed by atoms with van der Waals surface area (Å²) in [6.07, 6.45) is 4.65. The molecule has 1 heterocycles. The standard InChI is InChI=1S/C12H15NO/c13-10-6-7-14-11-5-4-8-2-1-3-9(8)12(10)11/h4-5,10H,1-3,6-7,13H2. The predicted molar refractivity (Wildman–Crippen MR) is 55.5 cm³/mol. The van der Waals surface area contributed by atoms with Crippen molar-refractivity contribution < 1.29 is 4.74 Å². The number of hydrogen-bond acceptors (Lipinski definition) is 2. The Morgan fingerprint density at radius 2 is 2.21 bits per heavy atom. The molecule has 1 aromatic rings. The van der Waals surface area contributed by atoms with E-state index in [0.29, 0.717) is 0 Å². The van der Waals surface area contributed by atoms with Crippen LogP contribution in [0.2, 0.25) is 0 Å². The molecule has 0 bridgehead atoms. The van der Waals surface area contributed by atoms with Gasteiger partial charge in [-0.2, -0.15) is 0 Å². The number of hydrogen-bond donors (Lipinski definition) is 1. The minimum atomic E-state index is 0.201. The summed E-state index contributed by atoms with van der Waals surface area (Å²) in [6, 6.07) is 4.50. The van der Waals surface area contributed by atoms with E-state index in [1.165, 1.54) is 36.0 Å². The Kier molecular flexibility index (Phi) is 1.77. The van der Waals surface area contributed by atoms with Gasteiger partial charge in [0, 0.05) is 18.0 Å². The molecule has 2 nitrogen and oxygen atoms in total. The van der Waals surface area contributed by atoms with E-state index < -0.39 is 0 Å². The largest absolute Gasteiger partial charge is 0.493 e. The maximum Gasteiger partial charge on any atom is 0.124 e. The number of benzene rings is 1. The quantitative estimate of drug-likeness (QED) is 0.677. The fourth-order valence-electron chi connectivity index (χ4n) is 2.65. The molecule has 1 unspecified atom stereocenters. The minimum absolute atomic E-state index is 0.201. The van der Waals surface area contributed by atoms with Crippen LogP contribution in [-0.4, -0.2) is 6.61 Å². The van der Waals surface area contributed by atoms with Crippen LogP contribution >= 0.6 is 0 Å². The highest BCUT2D eigenvalue weighted by Gasteiger charge is 2.25. The van der Waals surface area contributed by atoms with Gasteiger partial charge in [0.25, 0.3) is 0 Å². The molecular formula is C12H15NO. The van der Waals surface area contributed by atoms with Gasteiger partial charge >= 0.3 is 0 Å². The van der Waals surface area contributed by atoms with E-state index >= 15 is 0 Å². The van der Waals surface area contributed by atoms with Crippen molar-refractivity contribution in [3.8, 4) is 5.75 Å². The third-order valence-corrected chi connectivity index (χ3v) is 3.34. The fraction of sp³-hybridized carbons (Fsp3) is 0.500. The topological polar surface area (TPSA) is 35.2 Å². The number of nitrogens with two attached hydrogens (primary N) is 1. The first-order chi connectivity index (χ1) is 6.86. The zero-order valence-electron chi connectivity index (χ0n) is 8.25. The van der Waals surface area contributed by atoms with Crippen molar-refractivity contribution in [1.82, 2.24) is 0 Å². The van der Waals surface area contributed by atoms with Crippen LogP contribution in [0, 0.1) is 0 Å². The summed E-state index contributed by atoms with van der Waals surface area (Å²) in [5.74, 6) is 1.03. The maximum atomic E-state index is 6.14. The second kappa shape index (κ2) is 2.99. The molecule has 2 N–H and O–H groups in total. The SMILES string of the molecule is NC1CCOc2ccc3c(c21)CCC3. The van der Waals surface area contributed by atoms with Gasteiger partial charge in [-0.15, -0.1) is 0 Å². The second-order valence-corrected chi connectivity index (χ2v) is 4.21. The summed E-state index contributed by atoms with van der Waals surface area (Å²) >= 11 is 0. The molecule has 0 spiro atoms. The van der Waals surface area contributed by atoms with Gasteiger partial charge < -0.3 is 10.5 Å². The lowest BCUT2D eigenvalue weighted by Gasteiger charge is -2.25. The molecular weight excluding hydrogens is 174 g/mol. The summed E-state index contributed by atoms with van der Waals surface area (Å²) in [5.41, 5.74) is 10.4. The Bertz CT molecular complexity index is 373. The lowest BCUT2D eigenvalue weighted by atomic mass is 9.93. The van der Waals surface area contributed by atoms with Crippen molar-refractivity contribution in [2.24, 2.45) is 5.73 Å². The van der Waals surface area contributed by atoms with Crippen LogP contribution in [-0.2, 0) is 12.8 Å². The molecule has 0 saturated heterocycles. The molecule has 1 aromatic carbocycles. The summed E-state index contributed by atoms with van der Waals surface area (Å²) in [4.78, 5) is 0. The van der Waals surface area contributed by atoms with Crippen LogP contribution < -0.4 is 10.5 Å². The van der Waals surface area contributed by atoms with E-state index in [9.17, 15) is 0 Å². The molecule has 0 saturated carbocycles. The smallest absolute Gasteiger partial charge is 0.124 e. The van der Waals surface area contributed by atoms with Gasteiger partial charge in [0.2, 0.25) is 0 Å². The van der Waals surface area contributed by atoms with Gasteiger partial charge in [0.05, 0.1) is 6.61 Å². The molecule has 1 aliphatic heterocycles. The zero-order chi connectivity index (χ0) is 9.54. The molecule has 3 rings (SSSR count). The fourth-order valence-corrected chi connectivity index (χ4v) is 2.65. The molecule has 1 aliphatic carbocycles. The third-order valence-electron chi connectivity index (χ3n) is 3.34. The van der Waals surface area contributed by atoms with Gasteiger partial charge in [0.15, 0.2) is 0 Å². The maximum absolute atomic E-state index is 6.14. The molecule has 14 heavy (non-hydrogen) atoms. The van der Waals surface area contributed by atoms with Crippen LogP contribution in [0.4, 0.5) is 0 Å². The molecule has 74 valence electrons. The van der Waals surface area contributed by atoms with Crippen molar-refractivity contribution >= 4 is 0 Å². The van der Waals surface area contributed by atoms with E-state index in [-0.39, 0.29) is 6.04 Å². The molecule has 0 aromatic heterocycles. The van der Waals surface area contributed by atoms with Crippen LogP contribution in [0.15, 0.2) is 12.1 Å². The highest BCUT2D eigenvalue weighted by molar-refractivity contribution is 5.49. The second-order valence-electron chi connectivity index (χ2n) is 4.21. The molecule has 2 heteroatoms. The van der Waals surface area contributed by atoms with Gasteiger partial charge in [-0.25, -0.2) is 0 Å². The summed E-state index contributed by atoms with van der Waals surface area (Å²) in [7, 11) is 0. The summed E-state index contributed by atoms with van der Waals surface area (Å²) in [6.45, 7) is 0.771. The monoisotopic (exact) mass is 189 g/mol. The normalized spacial score (nSPS) is 23.9. The lowest BCUT2D eigenvalue weighted by molar-refractivity contribution is 0.268. The Morgan fingerprint density at radius 3 is 3.14 bits per heavy atom. The van der Waals surface area contributed by atoms with Crippen molar-refractivity contribution in [2.45, 2.75) is 31.7 Å². The first-order valence-electron chi connectivity index (χ1n) is 5.39. The highest BCUT2D eigenvalue weighted by Crippen LogP contribution is 2.38. The van der Waals surface area contributed by atoms with Gasteiger partial charge in [-0.3, -0.25) is 0 Å². The minimum Gasteiger partial charge on any atom is -0.493 e. The van der Waals surface area contributed by atoms with Gasteiger partial charge in [-0.1, -0.05) is 6.07 Å². The Balaban J connectivity index is 2.19. The van der Waals surface area contributed by atoms with E-state index in [4.69, 9.17) is 10.5 Å². The summed E-state index contributed by atoms with van der Waals surface area (Å²) < 4.78 is 5.64. The average molecular weight is 189 g/mol. The van der Waals surface area contributed by atoms with Crippen LogP contribution in [0.1, 0.15) is 35.6 Å². The highest BCUT2D eigenvalue weighted by atomic mass is 16.5. The van der Waals surface area contributed by atoms with E-state index in [0.717, 1.165) is 18.8 Å². The van der Waals surface area contributed by atoms with Crippen LogP contribution in [0.3, 0.4) is 0 Å². The third kappa shape index (κ3) is 1.07. The summed E-state index contributed by atoms with van der Waals surface area (Å²) in [5, 5.41) is 0. The zero-order valence-corrected chi connectivity index (χ0v) is 8.25. The lowest BCUT2D eigenvalue weighted by Crippen LogP contribution is -2.22. The Labute approximate surface area is 84.1 Å². The van der Waals surface area contributed by atoms with E-state index in [1.54, 1.807) is 0 Å². The first kappa shape index (κ1) is 8.30. The Hall–Kier alpha value is -1.02. The van der Waals surface area contributed by atoms with Crippen molar-refractivity contribution in [1.29, 1.82) is 0 Å². The molecule has 0 radical (unpaired) electrons. The van der Waals surface area contributed by atoms with Crippen LogP contribution in [0.25, 0.3) is 0 Å². The predicted octanol–water partition coefficient (Wildman–Crippen LogP) is 1.96. The molecule has 0 fully saturated rings. The van der Waals surface area contributed by atoms with Crippen molar-refractivity contribution in [3.63, 3.8) is 0 Å². The van der Waals surface area contributed by atoms with Gasteiger partial charge in [-0.05, 0) is 36.5 Å². The Morgan fingerprint density at radius 1 is 1.29 bits per heavy atom. The number of aryl methyl sites for hydroxylation is 1. The van der Waals surface area contributed by atoms with Crippen molar-refractivity contribution in [2.75, 3.05) is 6.61 Å². The number of fused-ring (bicyclic) bond motifs is 3. The van der Waals surface area contributed by atoms with Crippen molar-refractivity contribution in [3.05, 3.63) is 28.8 Å². The van der Waals surface area contributed by atoms with E-state index in [2.05, 4.69) is 12.1 Å². The first-order valence-corrected chi connectivity index (χ1v) is 5.39. The number of rotatable bonds is 0. The molecule has 2 aliphatic rings. The average Bonchev–Trinajstić information content (AvgIpc) is 2.65. The molecule has 1 atom stereocenters.